The summed E-state index contributed by atoms with van der Waals surface area (Å²) in [6.07, 6.45) is 1.16. The van der Waals surface area contributed by atoms with Crippen molar-refractivity contribution in [2.24, 2.45) is 0 Å². The molecule has 0 aliphatic carbocycles. The minimum absolute atomic E-state index is 0.303. The summed E-state index contributed by atoms with van der Waals surface area (Å²) < 4.78 is 0. The molecule has 0 aliphatic rings. The molecule has 84 valence electrons. The van der Waals surface area contributed by atoms with Crippen LogP contribution in [0.25, 0.3) is 10.9 Å². The summed E-state index contributed by atoms with van der Waals surface area (Å²) in [4.78, 5) is 4.34. The first-order valence-corrected chi connectivity index (χ1v) is 5.77. The standard InChI is InChI=1S/C13H14ClNO/c1-9(16)6-7-11-8-10-4-2-3-5-12(10)15-13(11)14/h2-5,8-9,16H,6-7H2,1H3/t9-/m0/s1. The molecule has 3 heteroatoms. The monoisotopic (exact) mass is 235 g/mol. The zero-order valence-electron chi connectivity index (χ0n) is 9.15. The minimum Gasteiger partial charge on any atom is -0.393 e. The average molecular weight is 236 g/mol. The van der Waals surface area contributed by atoms with Crippen molar-refractivity contribution in [2.45, 2.75) is 25.9 Å². The number of aliphatic hydroxyl groups is 1. The third-order valence-corrected chi connectivity index (χ3v) is 2.91. The molecule has 1 atom stereocenters. The molecule has 2 rings (SSSR count). The Morgan fingerprint density at radius 2 is 2.12 bits per heavy atom. The Labute approximate surface area is 99.9 Å². The smallest absolute Gasteiger partial charge is 0.132 e. The van der Waals surface area contributed by atoms with Crippen molar-refractivity contribution in [1.29, 1.82) is 0 Å². The van der Waals surface area contributed by atoms with E-state index in [9.17, 15) is 5.11 Å². The predicted molar refractivity (Wildman–Crippen MR) is 66.8 cm³/mol. The van der Waals surface area contributed by atoms with Crippen LogP contribution in [0.4, 0.5) is 0 Å². The molecule has 2 nitrogen and oxygen atoms in total. The highest BCUT2D eigenvalue weighted by atomic mass is 35.5. The van der Waals surface area contributed by atoms with Crippen molar-refractivity contribution in [2.75, 3.05) is 0 Å². The highest BCUT2D eigenvalue weighted by Crippen LogP contribution is 2.21. The van der Waals surface area contributed by atoms with Gasteiger partial charge < -0.3 is 5.11 Å². The van der Waals surface area contributed by atoms with E-state index in [2.05, 4.69) is 4.98 Å². The summed E-state index contributed by atoms with van der Waals surface area (Å²) in [5.74, 6) is 0. The summed E-state index contributed by atoms with van der Waals surface area (Å²) in [7, 11) is 0. The van der Waals surface area contributed by atoms with Crippen LogP contribution in [-0.2, 0) is 6.42 Å². The van der Waals surface area contributed by atoms with Crippen LogP contribution in [0.2, 0.25) is 5.15 Å². The maximum absolute atomic E-state index is 9.25. The molecule has 2 aromatic rings. The number of hydrogen-bond acceptors (Lipinski definition) is 2. The third kappa shape index (κ3) is 2.52. The fraction of sp³-hybridized carbons (Fsp3) is 0.308. The van der Waals surface area contributed by atoms with Crippen LogP contribution >= 0.6 is 11.6 Å². The molecule has 0 unspecified atom stereocenters. The molecule has 0 radical (unpaired) electrons. The van der Waals surface area contributed by atoms with Crippen LogP contribution < -0.4 is 0 Å². The quantitative estimate of drug-likeness (QED) is 0.829. The summed E-state index contributed by atoms with van der Waals surface area (Å²) in [6, 6.07) is 9.94. The Morgan fingerprint density at radius 1 is 1.38 bits per heavy atom. The third-order valence-electron chi connectivity index (χ3n) is 2.58. The molecule has 1 N–H and O–H groups in total. The van der Waals surface area contributed by atoms with E-state index in [0.717, 1.165) is 22.9 Å². The molecular formula is C13H14ClNO. The summed E-state index contributed by atoms with van der Waals surface area (Å²) in [5, 5.41) is 10.9. The lowest BCUT2D eigenvalue weighted by molar-refractivity contribution is 0.185. The van der Waals surface area contributed by atoms with Gasteiger partial charge in [0.25, 0.3) is 0 Å². The molecule has 16 heavy (non-hydrogen) atoms. The van der Waals surface area contributed by atoms with Gasteiger partial charge in [-0.3, -0.25) is 0 Å². The van der Waals surface area contributed by atoms with E-state index in [1.807, 2.05) is 30.3 Å². The van der Waals surface area contributed by atoms with Crippen molar-refractivity contribution < 1.29 is 5.11 Å². The Bertz CT molecular complexity index is 496. The van der Waals surface area contributed by atoms with Gasteiger partial charge in [0, 0.05) is 5.39 Å². The average Bonchev–Trinajstić information content (AvgIpc) is 2.26. The molecule has 0 spiro atoms. The Morgan fingerprint density at radius 3 is 2.88 bits per heavy atom. The number of halogens is 1. The molecular weight excluding hydrogens is 222 g/mol. The van der Waals surface area contributed by atoms with Crippen LogP contribution in [0.15, 0.2) is 30.3 Å². The molecule has 0 bridgehead atoms. The van der Waals surface area contributed by atoms with E-state index in [1.165, 1.54) is 0 Å². The van der Waals surface area contributed by atoms with Gasteiger partial charge in [0.15, 0.2) is 0 Å². The maximum Gasteiger partial charge on any atom is 0.132 e. The number of para-hydroxylation sites is 1. The van der Waals surface area contributed by atoms with Crippen LogP contribution in [0, 0.1) is 0 Å². The van der Waals surface area contributed by atoms with Crippen molar-refractivity contribution in [3.05, 3.63) is 41.0 Å². The molecule has 0 aliphatic heterocycles. The number of aliphatic hydroxyl groups excluding tert-OH is 1. The van der Waals surface area contributed by atoms with E-state index in [0.29, 0.717) is 11.6 Å². The van der Waals surface area contributed by atoms with Gasteiger partial charge in [-0.2, -0.15) is 0 Å². The van der Waals surface area contributed by atoms with Crippen LogP contribution in [-0.4, -0.2) is 16.2 Å². The zero-order valence-corrected chi connectivity index (χ0v) is 9.91. The van der Waals surface area contributed by atoms with E-state index in [4.69, 9.17) is 11.6 Å². The van der Waals surface area contributed by atoms with Crippen molar-refractivity contribution in [3.63, 3.8) is 0 Å². The second-order valence-corrected chi connectivity index (χ2v) is 4.38. The largest absolute Gasteiger partial charge is 0.393 e. The Balaban J connectivity index is 2.34. The molecule has 1 aromatic heterocycles. The molecule has 1 heterocycles. The first kappa shape index (κ1) is 11.4. The highest BCUT2D eigenvalue weighted by Gasteiger charge is 2.06. The van der Waals surface area contributed by atoms with E-state index >= 15 is 0 Å². The van der Waals surface area contributed by atoms with E-state index < -0.39 is 0 Å². The normalized spacial score (nSPS) is 12.9. The predicted octanol–water partition coefficient (Wildman–Crippen LogP) is 3.20. The maximum atomic E-state index is 9.25. The first-order chi connectivity index (χ1) is 7.66. The number of hydrogen-bond donors (Lipinski definition) is 1. The van der Waals surface area contributed by atoms with Gasteiger partial charge in [0.05, 0.1) is 11.6 Å². The lowest BCUT2D eigenvalue weighted by Crippen LogP contribution is -2.02. The zero-order chi connectivity index (χ0) is 11.5. The Hall–Kier alpha value is -1.12. The number of pyridine rings is 1. The first-order valence-electron chi connectivity index (χ1n) is 5.39. The molecule has 0 fully saturated rings. The molecule has 0 amide bonds. The fourth-order valence-corrected chi connectivity index (χ4v) is 1.92. The molecule has 0 saturated carbocycles. The van der Waals surface area contributed by atoms with Gasteiger partial charge in [0.2, 0.25) is 0 Å². The lowest BCUT2D eigenvalue weighted by Gasteiger charge is -2.07. The second-order valence-electron chi connectivity index (χ2n) is 4.02. The van der Waals surface area contributed by atoms with Gasteiger partial charge in [0.1, 0.15) is 5.15 Å². The number of fused-ring (bicyclic) bond motifs is 1. The van der Waals surface area contributed by atoms with Crippen molar-refractivity contribution in [1.82, 2.24) is 4.98 Å². The van der Waals surface area contributed by atoms with Gasteiger partial charge in [-0.25, -0.2) is 4.98 Å². The second kappa shape index (κ2) is 4.81. The SMILES string of the molecule is C[C@H](O)CCc1cc2ccccc2nc1Cl. The summed E-state index contributed by atoms with van der Waals surface area (Å²) in [5.41, 5.74) is 1.91. The van der Waals surface area contributed by atoms with Gasteiger partial charge >= 0.3 is 0 Å². The summed E-state index contributed by atoms with van der Waals surface area (Å²) in [6.45, 7) is 1.78. The van der Waals surface area contributed by atoms with Crippen molar-refractivity contribution in [3.8, 4) is 0 Å². The number of nitrogens with zero attached hydrogens (tertiary/aromatic N) is 1. The van der Waals surface area contributed by atoms with E-state index in [-0.39, 0.29) is 6.10 Å². The highest BCUT2D eigenvalue weighted by molar-refractivity contribution is 6.30. The van der Waals surface area contributed by atoms with Gasteiger partial charge in [-0.1, -0.05) is 29.8 Å². The van der Waals surface area contributed by atoms with Gasteiger partial charge in [-0.05, 0) is 37.5 Å². The van der Waals surface area contributed by atoms with Crippen LogP contribution in [0.3, 0.4) is 0 Å². The molecule has 0 saturated heterocycles. The van der Waals surface area contributed by atoms with Crippen molar-refractivity contribution >= 4 is 22.5 Å². The topological polar surface area (TPSA) is 33.1 Å². The van der Waals surface area contributed by atoms with Crippen LogP contribution in [0.1, 0.15) is 18.9 Å². The van der Waals surface area contributed by atoms with Crippen LogP contribution in [0.5, 0.6) is 0 Å². The summed E-state index contributed by atoms with van der Waals surface area (Å²) >= 11 is 6.09. The van der Waals surface area contributed by atoms with E-state index in [1.54, 1.807) is 6.92 Å². The molecule has 1 aromatic carbocycles. The lowest BCUT2D eigenvalue weighted by atomic mass is 10.1. The van der Waals surface area contributed by atoms with Gasteiger partial charge in [-0.15, -0.1) is 0 Å². The number of aromatic nitrogens is 1. The minimum atomic E-state index is -0.303. The number of rotatable bonds is 3. The Kier molecular flexibility index (Phi) is 3.42. The number of benzene rings is 1. The fourth-order valence-electron chi connectivity index (χ4n) is 1.68. The number of aryl methyl sites for hydroxylation is 1.